The topological polar surface area (TPSA) is 0 Å². The summed E-state index contributed by atoms with van der Waals surface area (Å²) in [5.74, 6) is 0. The van der Waals surface area contributed by atoms with Crippen LogP contribution in [-0.2, 0) is 29.6 Å². The van der Waals surface area contributed by atoms with E-state index in [-0.39, 0.29) is 20.1 Å². The summed E-state index contributed by atoms with van der Waals surface area (Å²) in [5.41, 5.74) is 0. The van der Waals surface area contributed by atoms with Gasteiger partial charge in [-0.15, -0.1) is 0 Å². The molecule has 0 aliphatic carbocycles. The third-order valence-corrected chi connectivity index (χ3v) is 0. The summed E-state index contributed by atoms with van der Waals surface area (Å²) in [6.07, 6.45) is 0. The second-order valence-corrected chi connectivity index (χ2v) is 11.9. The zero-order valence-electron chi connectivity index (χ0n) is 1.54. The first-order valence-corrected chi connectivity index (χ1v) is 9.35. The van der Waals surface area contributed by atoms with Crippen LogP contribution in [-0.4, -0.2) is 0 Å². The molecule has 0 aliphatic heterocycles. The number of rotatable bonds is 0. The second-order valence-electron chi connectivity index (χ2n) is 0.0639. The fourth-order valence-electron chi connectivity index (χ4n) is 0. The van der Waals surface area contributed by atoms with Crippen molar-refractivity contribution in [3.63, 3.8) is 0 Å². The summed E-state index contributed by atoms with van der Waals surface area (Å²) in [4.78, 5) is 0. The minimum absolute atomic E-state index is 0. The van der Waals surface area contributed by atoms with Crippen molar-refractivity contribution < 1.29 is 29.6 Å². The normalized spacial score (nSPS) is 3.50. The van der Waals surface area contributed by atoms with Gasteiger partial charge >= 0.3 is 49.4 Å². The largest absolute Gasteiger partial charge is 0 e. The first kappa shape index (κ1) is 9.85. The van der Waals surface area contributed by atoms with E-state index < -0.39 is 0 Å². The Hall–Kier alpha value is 2.69. The van der Waals surface area contributed by atoms with Crippen molar-refractivity contribution in [1.82, 2.24) is 0 Å². The Balaban J connectivity index is 0. The molecule has 28 valence electrons. The van der Waals surface area contributed by atoms with Crippen LogP contribution in [0.3, 0.4) is 0 Å². The summed E-state index contributed by atoms with van der Waals surface area (Å²) in [6.45, 7) is 0. The van der Waals surface area contributed by atoms with Crippen LogP contribution in [0.2, 0.25) is 0 Å². The Morgan fingerprint density at radius 1 is 1.25 bits per heavy atom. The van der Waals surface area contributed by atoms with E-state index in [2.05, 4.69) is 40.0 Å². The van der Waals surface area contributed by atoms with Gasteiger partial charge in [-0.25, -0.2) is 0 Å². The van der Waals surface area contributed by atoms with Gasteiger partial charge in [-0.2, -0.15) is 0 Å². The van der Waals surface area contributed by atoms with E-state index in [4.69, 9.17) is 0 Å². The number of halogens is 2. The van der Waals surface area contributed by atoms with Crippen LogP contribution in [0, 0.1) is 0 Å². The fourth-order valence-corrected chi connectivity index (χ4v) is 0. The van der Waals surface area contributed by atoms with Crippen molar-refractivity contribution in [1.29, 1.82) is 0 Å². The molecule has 1 radical (unpaired) electrons. The standard InChI is InChI=1S/2HI.Ir.V/h2*1H;;/q;;;+2/p-2. The average molecular weight is 497 g/mol. The van der Waals surface area contributed by atoms with E-state index in [9.17, 15) is 0 Å². The molecular formula is I2IrV. The van der Waals surface area contributed by atoms with Gasteiger partial charge in [-0.05, 0) is 0 Å². The molecule has 4 heavy (non-hydrogen) atoms. The molecule has 0 fully saturated rings. The van der Waals surface area contributed by atoms with Crippen LogP contribution in [0.5, 0.6) is 0 Å². The van der Waals surface area contributed by atoms with Gasteiger partial charge in [-0.1, -0.05) is 0 Å². The molecule has 0 saturated heterocycles. The molecule has 0 rings (SSSR count). The van der Waals surface area contributed by atoms with Gasteiger partial charge in [0.25, 0.3) is 0 Å². The minimum Gasteiger partial charge on any atom is 0 e. The molecule has 0 aliphatic rings. The SMILES string of the molecule is [I][V][I].[Ir]. The Labute approximate surface area is 68.1 Å². The molecule has 0 atom stereocenters. The van der Waals surface area contributed by atoms with Gasteiger partial charge < -0.3 is 0 Å². The quantitative estimate of drug-likeness (QED) is 0.449. The van der Waals surface area contributed by atoms with Crippen molar-refractivity contribution in [3.05, 3.63) is 0 Å². The van der Waals surface area contributed by atoms with E-state index in [1.165, 1.54) is 0 Å². The molecule has 0 aromatic carbocycles. The van der Waals surface area contributed by atoms with Gasteiger partial charge in [0.05, 0.1) is 0 Å². The van der Waals surface area contributed by atoms with Crippen molar-refractivity contribution in [2.45, 2.75) is 0 Å². The van der Waals surface area contributed by atoms with E-state index in [1.54, 1.807) is 0 Å². The molecule has 0 spiro atoms. The number of hydrogen-bond donors (Lipinski definition) is 0. The average Bonchev–Trinajstić information content (AvgIpc) is 0.918. The Morgan fingerprint density at radius 3 is 1.25 bits per heavy atom. The van der Waals surface area contributed by atoms with Crippen molar-refractivity contribution >= 4 is 40.0 Å². The minimum atomic E-state index is 0. The summed E-state index contributed by atoms with van der Waals surface area (Å²) in [5, 5.41) is 0. The summed E-state index contributed by atoms with van der Waals surface area (Å²) >= 11 is 4.74. The molecule has 0 unspecified atom stereocenters. The summed E-state index contributed by atoms with van der Waals surface area (Å²) < 4.78 is 0. The third-order valence-electron chi connectivity index (χ3n) is 0. The van der Waals surface area contributed by atoms with Gasteiger partial charge in [0, 0.05) is 20.1 Å². The van der Waals surface area contributed by atoms with Crippen LogP contribution in [0.15, 0.2) is 0 Å². The maximum atomic E-state index is 2.37. The van der Waals surface area contributed by atoms with Crippen LogP contribution in [0.25, 0.3) is 0 Å². The molecule has 4 heteroatoms. The van der Waals surface area contributed by atoms with Crippen molar-refractivity contribution in [2.75, 3.05) is 0 Å². The molecule has 0 bridgehead atoms. The predicted molar refractivity (Wildman–Crippen MR) is 28.0 cm³/mol. The van der Waals surface area contributed by atoms with Crippen LogP contribution in [0.1, 0.15) is 0 Å². The molecule has 0 amide bonds. The predicted octanol–water partition coefficient (Wildman–Crippen LogP) is 1.77. The van der Waals surface area contributed by atoms with E-state index in [0.29, 0.717) is 9.47 Å². The zero-order valence-corrected chi connectivity index (χ0v) is 9.64. The van der Waals surface area contributed by atoms with Gasteiger partial charge in [0.15, 0.2) is 0 Å². The molecular weight excluding hydrogens is 497 g/mol. The molecule has 0 aromatic heterocycles. The maximum Gasteiger partial charge on any atom is 0 e. The maximum absolute atomic E-state index is 2.37. The first-order valence-electron chi connectivity index (χ1n) is 0.338. The summed E-state index contributed by atoms with van der Waals surface area (Å²) in [7, 11) is 0.628. The third kappa shape index (κ3) is 8.83. The fraction of sp³-hybridized carbons (Fsp3) is 0. The molecule has 0 nitrogen and oxygen atoms in total. The van der Waals surface area contributed by atoms with Gasteiger partial charge in [-0.3, -0.25) is 0 Å². The monoisotopic (exact) mass is 498 g/mol. The van der Waals surface area contributed by atoms with Gasteiger partial charge in [0.1, 0.15) is 0 Å². The van der Waals surface area contributed by atoms with Crippen LogP contribution in [0.4, 0.5) is 0 Å². The smallest absolute Gasteiger partial charge is 0 e. The van der Waals surface area contributed by atoms with E-state index in [1.807, 2.05) is 0 Å². The van der Waals surface area contributed by atoms with Crippen molar-refractivity contribution in [3.8, 4) is 0 Å². The first-order chi connectivity index (χ1) is 1.41. The van der Waals surface area contributed by atoms with E-state index in [0.717, 1.165) is 0 Å². The zero-order chi connectivity index (χ0) is 2.71. The molecule has 0 saturated carbocycles. The molecule has 0 N–H and O–H groups in total. The van der Waals surface area contributed by atoms with Crippen molar-refractivity contribution in [2.24, 2.45) is 0 Å². The Morgan fingerprint density at radius 2 is 1.25 bits per heavy atom. The van der Waals surface area contributed by atoms with Crippen LogP contribution < -0.4 is 0 Å². The molecule has 0 aromatic rings. The van der Waals surface area contributed by atoms with Crippen LogP contribution >= 0.6 is 40.0 Å². The molecule has 0 heterocycles. The summed E-state index contributed by atoms with van der Waals surface area (Å²) in [6, 6.07) is 0. The Kier molecular flexibility index (Phi) is 22.6. The number of hydrogen-bond acceptors (Lipinski definition) is 0. The Bertz CT molecular complexity index is 6.00. The van der Waals surface area contributed by atoms with Gasteiger partial charge in [0.2, 0.25) is 0 Å². The van der Waals surface area contributed by atoms with E-state index >= 15 is 0 Å². The second kappa shape index (κ2) is 9.19.